The summed E-state index contributed by atoms with van der Waals surface area (Å²) in [4.78, 5) is 0. The Labute approximate surface area is 89.0 Å². The van der Waals surface area contributed by atoms with Crippen molar-refractivity contribution in [3.63, 3.8) is 0 Å². The number of rotatable bonds is 3. The van der Waals surface area contributed by atoms with Crippen LogP contribution in [0.2, 0.25) is 0 Å². The second kappa shape index (κ2) is 6.22. The first kappa shape index (κ1) is 12.7. The van der Waals surface area contributed by atoms with Gasteiger partial charge in [0.05, 0.1) is 18.2 Å². The molecular formula is C9H12ClN3O. The van der Waals surface area contributed by atoms with Gasteiger partial charge in [-0.3, -0.25) is 5.84 Å². The maximum atomic E-state index is 8.75. The van der Waals surface area contributed by atoms with Gasteiger partial charge in [0.15, 0.2) is 0 Å². The lowest BCUT2D eigenvalue weighted by Crippen LogP contribution is -2.07. The van der Waals surface area contributed by atoms with Gasteiger partial charge in [0.25, 0.3) is 0 Å². The van der Waals surface area contributed by atoms with E-state index in [1.165, 1.54) is 0 Å². The van der Waals surface area contributed by atoms with Gasteiger partial charge in [-0.1, -0.05) is 0 Å². The Hall–Kier alpha value is -1.28. The molecule has 3 N–H and O–H groups in total. The number of benzene rings is 1. The SMILES string of the molecule is COCc1cc(NN)ccc1C#N.Cl. The molecule has 0 aliphatic heterocycles. The molecule has 1 aromatic carbocycles. The normalized spacial score (nSPS) is 8.64. The minimum absolute atomic E-state index is 0. The molecule has 0 fully saturated rings. The van der Waals surface area contributed by atoms with Gasteiger partial charge < -0.3 is 10.2 Å². The van der Waals surface area contributed by atoms with E-state index in [9.17, 15) is 0 Å². The van der Waals surface area contributed by atoms with E-state index in [1.807, 2.05) is 0 Å². The summed E-state index contributed by atoms with van der Waals surface area (Å²) in [5.74, 6) is 5.23. The fourth-order valence-corrected chi connectivity index (χ4v) is 1.07. The number of ether oxygens (including phenoxy) is 1. The van der Waals surface area contributed by atoms with Gasteiger partial charge in [0.2, 0.25) is 0 Å². The van der Waals surface area contributed by atoms with Crippen LogP contribution in [0.1, 0.15) is 11.1 Å². The van der Waals surface area contributed by atoms with Crippen LogP contribution in [0.25, 0.3) is 0 Å². The molecule has 0 radical (unpaired) electrons. The lowest BCUT2D eigenvalue weighted by atomic mass is 10.1. The van der Waals surface area contributed by atoms with Gasteiger partial charge in [0.1, 0.15) is 0 Å². The molecular weight excluding hydrogens is 202 g/mol. The fourth-order valence-electron chi connectivity index (χ4n) is 1.07. The van der Waals surface area contributed by atoms with Gasteiger partial charge in [-0.15, -0.1) is 12.4 Å². The molecule has 0 aliphatic rings. The third-order valence-corrected chi connectivity index (χ3v) is 1.69. The Morgan fingerprint density at radius 2 is 2.29 bits per heavy atom. The Kier molecular flexibility index (Phi) is 5.65. The molecule has 0 saturated heterocycles. The number of nitrogen functional groups attached to an aromatic ring is 1. The van der Waals surface area contributed by atoms with Crippen molar-refractivity contribution in [3.05, 3.63) is 29.3 Å². The highest BCUT2D eigenvalue weighted by atomic mass is 35.5. The van der Waals surface area contributed by atoms with E-state index in [4.69, 9.17) is 15.8 Å². The first-order valence-electron chi connectivity index (χ1n) is 3.80. The third-order valence-electron chi connectivity index (χ3n) is 1.69. The Morgan fingerprint density at radius 3 is 2.79 bits per heavy atom. The monoisotopic (exact) mass is 213 g/mol. The van der Waals surface area contributed by atoms with Gasteiger partial charge in [0, 0.05) is 12.8 Å². The molecule has 0 aliphatic carbocycles. The summed E-state index contributed by atoms with van der Waals surface area (Å²) in [6.45, 7) is 0.415. The predicted molar refractivity (Wildman–Crippen MR) is 56.9 cm³/mol. The van der Waals surface area contributed by atoms with Gasteiger partial charge in [-0.2, -0.15) is 5.26 Å². The van der Waals surface area contributed by atoms with Crippen LogP contribution in [0.15, 0.2) is 18.2 Å². The molecule has 14 heavy (non-hydrogen) atoms. The van der Waals surface area contributed by atoms with Gasteiger partial charge >= 0.3 is 0 Å². The standard InChI is InChI=1S/C9H11N3O.ClH/c1-13-6-8-4-9(12-11)3-2-7(8)5-10;/h2-4,12H,6,11H2,1H3;1H. The molecule has 0 amide bonds. The van der Waals surface area contributed by atoms with Crippen molar-refractivity contribution < 1.29 is 4.74 Å². The number of hydrazine groups is 1. The lowest BCUT2D eigenvalue weighted by molar-refractivity contribution is 0.184. The van der Waals surface area contributed by atoms with E-state index < -0.39 is 0 Å². The fraction of sp³-hybridized carbons (Fsp3) is 0.222. The van der Waals surface area contributed by atoms with Gasteiger partial charge in [-0.25, -0.2) is 0 Å². The second-order valence-corrected chi connectivity index (χ2v) is 2.56. The first-order valence-corrected chi connectivity index (χ1v) is 3.80. The summed E-state index contributed by atoms with van der Waals surface area (Å²) in [5.41, 5.74) is 4.73. The van der Waals surface area contributed by atoms with E-state index >= 15 is 0 Å². The number of nitrogens with zero attached hydrogens (tertiary/aromatic N) is 1. The summed E-state index contributed by atoms with van der Waals surface area (Å²) in [6.07, 6.45) is 0. The van der Waals surface area contributed by atoms with E-state index in [-0.39, 0.29) is 12.4 Å². The van der Waals surface area contributed by atoms with Crippen LogP contribution in [0.5, 0.6) is 0 Å². The quantitative estimate of drug-likeness (QED) is 0.588. The van der Waals surface area contributed by atoms with Crippen molar-refractivity contribution in [2.45, 2.75) is 6.61 Å². The number of hydrogen-bond acceptors (Lipinski definition) is 4. The topological polar surface area (TPSA) is 71.1 Å². The molecule has 1 aromatic rings. The Balaban J connectivity index is 0.00000169. The highest BCUT2D eigenvalue weighted by Crippen LogP contribution is 2.15. The van der Waals surface area contributed by atoms with Crippen molar-refractivity contribution in [2.75, 3.05) is 12.5 Å². The van der Waals surface area contributed by atoms with E-state index in [2.05, 4.69) is 11.5 Å². The summed E-state index contributed by atoms with van der Waals surface area (Å²) >= 11 is 0. The molecule has 0 atom stereocenters. The second-order valence-electron chi connectivity index (χ2n) is 2.56. The average molecular weight is 214 g/mol. The third kappa shape index (κ3) is 2.89. The smallest absolute Gasteiger partial charge is 0.0995 e. The zero-order valence-corrected chi connectivity index (χ0v) is 8.60. The molecule has 4 nitrogen and oxygen atoms in total. The Morgan fingerprint density at radius 1 is 1.57 bits per heavy atom. The van der Waals surface area contributed by atoms with Crippen LogP contribution in [0.3, 0.4) is 0 Å². The molecule has 0 spiro atoms. The molecule has 76 valence electrons. The predicted octanol–water partition coefficient (Wildman–Crippen LogP) is 1.41. The molecule has 0 unspecified atom stereocenters. The van der Waals surface area contributed by atoms with Crippen molar-refractivity contribution in [2.24, 2.45) is 5.84 Å². The molecule has 5 heteroatoms. The number of halogens is 1. The van der Waals surface area contributed by atoms with Crippen LogP contribution in [-0.4, -0.2) is 7.11 Å². The van der Waals surface area contributed by atoms with E-state index in [1.54, 1.807) is 25.3 Å². The zero-order chi connectivity index (χ0) is 9.68. The number of nitrogens with two attached hydrogens (primary N) is 1. The summed E-state index contributed by atoms with van der Waals surface area (Å²) in [5, 5.41) is 8.75. The average Bonchev–Trinajstić information content (AvgIpc) is 2.18. The Bertz CT molecular complexity index is 335. The molecule has 1 rings (SSSR count). The number of hydrogen-bond donors (Lipinski definition) is 2. The van der Waals surface area contributed by atoms with Crippen LogP contribution in [0.4, 0.5) is 5.69 Å². The zero-order valence-electron chi connectivity index (χ0n) is 7.78. The number of nitrogens with one attached hydrogen (secondary N) is 1. The van der Waals surface area contributed by atoms with Crippen LogP contribution in [-0.2, 0) is 11.3 Å². The van der Waals surface area contributed by atoms with Crippen molar-refractivity contribution in [3.8, 4) is 6.07 Å². The summed E-state index contributed by atoms with van der Waals surface area (Å²) in [7, 11) is 1.59. The molecule has 0 saturated carbocycles. The van der Waals surface area contributed by atoms with Crippen LogP contribution < -0.4 is 11.3 Å². The van der Waals surface area contributed by atoms with Crippen molar-refractivity contribution >= 4 is 18.1 Å². The highest BCUT2D eigenvalue weighted by molar-refractivity contribution is 5.85. The van der Waals surface area contributed by atoms with Crippen molar-refractivity contribution in [1.29, 1.82) is 5.26 Å². The molecule has 0 heterocycles. The first-order chi connectivity index (χ1) is 6.31. The maximum absolute atomic E-state index is 8.75. The number of methoxy groups -OCH3 is 1. The van der Waals surface area contributed by atoms with E-state index in [0.717, 1.165) is 11.3 Å². The van der Waals surface area contributed by atoms with Gasteiger partial charge in [-0.05, 0) is 23.8 Å². The van der Waals surface area contributed by atoms with Crippen LogP contribution in [0, 0.1) is 11.3 Å². The summed E-state index contributed by atoms with van der Waals surface area (Å²) in [6, 6.07) is 7.34. The molecule has 0 aromatic heterocycles. The summed E-state index contributed by atoms with van der Waals surface area (Å²) < 4.78 is 4.95. The minimum Gasteiger partial charge on any atom is -0.380 e. The van der Waals surface area contributed by atoms with Crippen LogP contribution >= 0.6 is 12.4 Å². The minimum atomic E-state index is 0. The largest absolute Gasteiger partial charge is 0.380 e. The number of anilines is 1. The molecule has 0 bridgehead atoms. The maximum Gasteiger partial charge on any atom is 0.0995 e. The van der Waals surface area contributed by atoms with Crippen molar-refractivity contribution in [1.82, 2.24) is 0 Å². The number of nitriles is 1. The lowest BCUT2D eigenvalue weighted by Gasteiger charge is -2.05. The van der Waals surface area contributed by atoms with E-state index in [0.29, 0.717) is 12.2 Å². The highest BCUT2D eigenvalue weighted by Gasteiger charge is 2.01.